The van der Waals surface area contributed by atoms with Crippen molar-refractivity contribution in [2.24, 2.45) is 5.92 Å². The standard InChI is InChI=1S/C15H20ClNO4/c1-10(2)6-12(8-15(19)20)17-14(18)9-21-13-5-3-4-11(16)7-13/h3-5,7,10,12H,6,8-9H2,1-2H3,(H,17,18)(H,19,20). The number of hydrogen-bond acceptors (Lipinski definition) is 3. The van der Waals surface area contributed by atoms with Gasteiger partial charge in [-0.15, -0.1) is 0 Å². The van der Waals surface area contributed by atoms with Crippen LogP contribution in [-0.2, 0) is 9.59 Å². The first-order chi connectivity index (χ1) is 9.86. The van der Waals surface area contributed by atoms with Gasteiger partial charge in [0.15, 0.2) is 6.61 Å². The van der Waals surface area contributed by atoms with Gasteiger partial charge in [0.05, 0.1) is 6.42 Å². The molecule has 5 nitrogen and oxygen atoms in total. The van der Waals surface area contributed by atoms with Crippen LogP contribution in [0.3, 0.4) is 0 Å². The Kier molecular flexibility index (Phi) is 7.02. The summed E-state index contributed by atoms with van der Waals surface area (Å²) in [5.74, 6) is -0.488. The number of hydrogen-bond donors (Lipinski definition) is 2. The molecule has 0 saturated heterocycles. The van der Waals surface area contributed by atoms with Crippen LogP contribution in [0, 0.1) is 5.92 Å². The van der Waals surface area contributed by atoms with E-state index in [1.54, 1.807) is 24.3 Å². The van der Waals surface area contributed by atoms with Crippen molar-refractivity contribution in [3.63, 3.8) is 0 Å². The zero-order valence-electron chi connectivity index (χ0n) is 12.1. The Bertz CT molecular complexity index is 490. The molecule has 0 aromatic heterocycles. The molecule has 1 unspecified atom stereocenters. The monoisotopic (exact) mass is 313 g/mol. The molecule has 0 radical (unpaired) electrons. The number of nitrogens with one attached hydrogen (secondary N) is 1. The maximum atomic E-state index is 11.8. The molecule has 0 aliphatic rings. The first-order valence-electron chi connectivity index (χ1n) is 6.76. The Labute approximate surface area is 129 Å². The molecule has 1 amide bonds. The van der Waals surface area contributed by atoms with E-state index in [1.807, 2.05) is 13.8 Å². The van der Waals surface area contributed by atoms with Crippen molar-refractivity contribution in [1.29, 1.82) is 0 Å². The molecule has 1 aromatic carbocycles. The van der Waals surface area contributed by atoms with Gasteiger partial charge in [0.25, 0.3) is 5.91 Å². The van der Waals surface area contributed by atoms with Gasteiger partial charge in [-0.05, 0) is 30.5 Å². The van der Waals surface area contributed by atoms with Gasteiger partial charge >= 0.3 is 5.97 Å². The zero-order chi connectivity index (χ0) is 15.8. The lowest BCUT2D eigenvalue weighted by Gasteiger charge is -2.19. The first-order valence-corrected chi connectivity index (χ1v) is 7.14. The zero-order valence-corrected chi connectivity index (χ0v) is 12.9. The summed E-state index contributed by atoms with van der Waals surface area (Å²) in [6.45, 7) is 3.78. The highest BCUT2D eigenvalue weighted by molar-refractivity contribution is 6.30. The number of benzene rings is 1. The lowest BCUT2D eigenvalue weighted by molar-refractivity contribution is -0.137. The second-order valence-electron chi connectivity index (χ2n) is 5.24. The van der Waals surface area contributed by atoms with Crippen LogP contribution >= 0.6 is 11.6 Å². The van der Waals surface area contributed by atoms with Crippen molar-refractivity contribution < 1.29 is 19.4 Å². The van der Waals surface area contributed by atoms with Crippen LogP contribution in [0.25, 0.3) is 0 Å². The van der Waals surface area contributed by atoms with Gasteiger partial charge in [-0.3, -0.25) is 9.59 Å². The number of ether oxygens (including phenoxy) is 1. The molecule has 1 atom stereocenters. The van der Waals surface area contributed by atoms with E-state index in [0.29, 0.717) is 23.1 Å². The maximum Gasteiger partial charge on any atom is 0.305 e. The smallest absolute Gasteiger partial charge is 0.305 e. The summed E-state index contributed by atoms with van der Waals surface area (Å²) in [6, 6.07) is 6.35. The number of amides is 1. The van der Waals surface area contributed by atoms with E-state index < -0.39 is 12.0 Å². The predicted octanol–water partition coefficient (Wildman–Crippen LogP) is 2.72. The largest absolute Gasteiger partial charge is 0.484 e. The second kappa shape index (κ2) is 8.52. The fourth-order valence-electron chi connectivity index (χ4n) is 1.95. The van der Waals surface area contributed by atoms with E-state index >= 15 is 0 Å². The normalized spacial score (nSPS) is 12.0. The lowest BCUT2D eigenvalue weighted by atomic mass is 10.0. The average Bonchev–Trinajstić information content (AvgIpc) is 2.34. The minimum absolute atomic E-state index is 0.0961. The molecule has 0 heterocycles. The van der Waals surface area contributed by atoms with E-state index in [9.17, 15) is 9.59 Å². The van der Waals surface area contributed by atoms with E-state index in [4.69, 9.17) is 21.4 Å². The van der Waals surface area contributed by atoms with Crippen molar-refractivity contribution >= 4 is 23.5 Å². The van der Waals surface area contributed by atoms with E-state index in [0.717, 1.165) is 0 Å². The average molecular weight is 314 g/mol. The van der Waals surface area contributed by atoms with Crippen LogP contribution in [0.4, 0.5) is 0 Å². The molecule has 21 heavy (non-hydrogen) atoms. The molecule has 0 spiro atoms. The summed E-state index contributed by atoms with van der Waals surface area (Å²) >= 11 is 5.81. The second-order valence-corrected chi connectivity index (χ2v) is 5.67. The minimum atomic E-state index is -0.934. The van der Waals surface area contributed by atoms with Crippen molar-refractivity contribution in [2.45, 2.75) is 32.7 Å². The Balaban J connectivity index is 2.47. The summed E-state index contributed by atoms with van der Waals surface area (Å²) in [6.07, 6.45) is 0.510. The molecule has 0 aliphatic heterocycles. The van der Waals surface area contributed by atoms with Gasteiger partial charge in [-0.25, -0.2) is 0 Å². The van der Waals surface area contributed by atoms with Gasteiger partial charge in [0, 0.05) is 11.1 Å². The Morgan fingerprint density at radius 1 is 1.38 bits per heavy atom. The van der Waals surface area contributed by atoms with Crippen LogP contribution < -0.4 is 10.1 Å². The van der Waals surface area contributed by atoms with Crippen molar-refractivity contribution in [1.82, 2.24) is 5.32 Å². The summed E-state index contributed by atoms with van der Waals surface area (Å²) in [7, 11) is 0. The van der Waals surface area contributed by atoms with E-state index in [1.165, 1.54) is 0 Å². The molecule has 1 rings (SSSR count). The van der Waals surface area contributed by atoms with E-state index in [-0.39, 0.29) is 18.9 Å². The fraction of sp³-hybridized carbons (Fsp3) is 0.467. The fourth-order valence-corrected chi connectivity index (χ4v) is 2.13. The quantitative estimate of drug-likeness (QED) is 0.773. The third-order valence-electron chi connectivity index (χ3n) is 2.71. The maximum absolute atomic E-state index is 11.8. The van der Waals surface area contributed by atoms with Crippen molar-refractivity contribution in [2.75, 3.05) is 6.61 Å². The SMILES string of the molecule is CC(C)CC(CC(=O)O)NC(=O)COc1cccc(Cl)c1. The molecular formula is C15H20ClNO4. The van der Waals surface area contributed by atoms with Crippen LogP contribution in [0.5, 0.6) is 5.75 Å². The Hall–Kier alpha value is -1.75. The van der Waals surface area contributed by atoms with Crippen LogP contribution in [0.15, 0.2) is 24.3 Å². The van der Waals surface area contributed by atoms with E-state index in [2.05, 4.69) is 5.32 Å². The van der Waals surface area contributed by atoms with Gasteiger partial charge in [-0.2, -0.15) is 0 Å². The first kappa shape index (κ1) is 17.3. The van der Waals surface area contributed by atoms with Crippen LogP contribution in [-0.4, -0.2) is 29.6 Å². The summed E-state index contributed by atoms with van der Waals surface area (Å²) in [5, 5.41) is 12.1. The molecule has 0 fully saturated rings. The molecule has 0 bridgehead atoms. The Morgan fingerprint density at radius 2 is 2.10 bits per heavy atom. The number of carbonyl (C=O) groups is 2. The number of carbonyl (C=O) groups excluding carboxylic acids is 1. The highest BCUT2D eigenvalue weighted by atomic mass is 35.5. The number of halogens is 1. The number of aliphatic carboxylic acids is 1. The molecule has 2 N–H and O–H groups in total. The molecule has 6 heteroatoms. The minimum Gasteiger partial charge on any atom is -0.484 e. The van der Waals surface area contributed by atoms with Crippen LogP contribution in [0.1, 0.15) is 26.7 Å². The van der Waals surface area contributed by atoms with Crippen molar-refractivity contribution in [3.8, 4) is 5.75 Å². The molecule has 0 saturated carbocycles. The van der Waals surface area contributed by atoms with Gasteiger partial charge in [-0.1, -0.05) is 31.5 Å². The number of carboxylic acid groups (broad SMARTS) is 1. The Morgan fingerprint density at radius 3 is 2.67 bits per heavy atom. The summed E-state index contributed by atoms with van der Waals surface area (Å²) in [5.41, 5.74) is 0. The van der Waals surface area contributed by atoms with Gasteiger partial charge in [0.1, 0.15) is 5.75 Å². The molecule has 116 valence electrons. The molecule has 0 aliphatic carbocycles. The lowest BCUT2D eigenvalue weighted by Crippen LogP contribution is -2.40. The highest BCUT2D eigenvalue weighted by Gasteiger charge is 2.17. The molecular weight excluding hydrogens is 294 g/mol. The predicted molar refractivity (Wildman–Crippen MR) is 80.6 cm³/mol. The summed E-state index contributed by atoms with van der Waals surface area (Å²) < 4.78 is 5.32. The highest BCUT2D eigenvalue weighted by Crippen LogP contribution is 2.17. The topological polar surface area (TPSA) is 75.6 Å². The number of carboxylic acids is 1. The number of rotatable bonds is 8. The van der Waals surface area contributed by atoms with Gasteiger partial charge < -0.3 is 15.2 Å². The third kappa shape index (κ3) is 7.56. The third-order valence-corrected chi connectivity index (χ3v) is 2.94. The van der Waals surface area contributed by atoms with Crippen molar-refractivity contribution in [3.05, 3.63) is 29.3 Å². The van der Waals surface area contributed by atoms with Crippen LogP contribution in [0.2, 0.25) is 5.02 Å². The molecule has 1 aromatic rings. The van der Waals surface area contributed by atoms with Gasteiger partial charge in [0.2, 0.25) is 0 Å². The summed E-state index contributed by atoms with van der Waals surface area (Å²) in [4.78, 5) is 22.6.